The third-order valence-corrected chi connectivity index (χ3v) is 5.40. The normalized spacial score (nSPS) is 10.9. The summed E-state index contributed by atoms with van der Waals surface area (Å²) in [6.07, 6.45) is 3.91. The van der Waals surface area contributed by atoms with Crippen LogP contribution in [0.4, 0.5) is 5.69 Å². The van der Waals surface area contributed by atoms with Gasteiger partial charge in [0.2, 0.25) is 5.91 Å². The van der Waals surface area contributed by atoms with Crippen LogP contribution in [0.5, 0.6) is 5.75 Å². The molecule has 7 nitrogen and oxygen atoms in total. The molecule has 0 saturated heterocycles. The van der Waals surface area contributed by atoms with Gasteiger partial charge in [-0.1, -0.05) is 32.0 Å². The Morgan fingerprint density at radius 3 is 2.59 bits per heavy atom. The highest BCUT2D eigenvalue weighted by Gasteiger charge is 2.09. The van der Waals surface area contributed by atoms with Gasteiger partial charge in [-0.2, -0.15) is 0 Å². The molecule has 0 spiro atoms. The van der Waals surface area contributed by atoms with Crippen molar-refractivity contribution in [2.75, 3.05) is 5.32 Å². The van der Waals surface area contributed by atoms with Crippen molar-refractivity contribution in [3.63, 3.8) is 0 Å². The number of nitrogens with one attached hydrogen (secondary N) is 2. The standard InChI is InChI=1S/C27H28N4O3/c1-18(2)26(32)30-22-8-4-7-20(14-22)15-28-27(33)21-9-11-24(12-10-21)34-17-23-16-31-13-5-6-19(3)25(31)29-23/h4-14,16,18H,15,17H2,1-3H3,(H,28,33)(H,30,32). The molecule has 0 bridgehead atoms. The minimum atomic E-state index is -0.181. The number of hydrogen-bond acceptors (Lipinski definition) is 4. The molecule has 2 aromatic heterocycles. The first-order chi connectivity index (χ1) is 16.4. The molecule has 0 aliphatic carbocycles. The van der Waals surface area contributed by atoms with Crippen molar-refractivity contribution in [1.82, 2.24) is 14.7 Å². The van der Waals surface area contributed by atoms with Gasteiger partial charge in [0.05, 0.1) is 5.69 Å². The lowest BCUT2D eigenvalue weighted by Gasteiger charge is -2.10. The number of nitrogens with zero attached hydrogens (tertiary/aromatic N) is 2. The molecule has 2 amide bonds. The molecule has 2 heterocycles. The zero-order valence-electron chi connectivity index (χ0n) is 19.5. The number of carbonyl (C=O) groups excluding carboxylic acids is 2. The van der Waals surface area contributed by atoms with Crippen LogP contribution < -0.4 is 15.4 Å². The number of pyridine rings is 1. The smallest absolute Gasteiger partial charge is 0.251 e. The quantitative estimate of drug-likeness (QED) is 0.401. The Balaban J connectivity index is 1.30. The number of imidazole rings is 1. The van der Waals surface area contributed by atoms with Crippen molar-refractivity contribution in [1.29, 1.82) is 0 Å². The largest absolute Gasteiger partial charge is 0.487 e. The van der Waals surface area contributed by atoms with Gasteiger partial charge >= 0.3 is 0 Å². The van der Waals surface area contributed by atoms with Crippen LogP contribution in [0.2, 0.25) is 0 Å². The van der Waals surface area contributed by atoms with E-state index in [1.807, 2.05) is 74.0 Å². The molecule has 2 N–H and O–H groups in total. The van der Waals surface area contributed by atoms with E-state index in [1.165, 1.54) is 0 Å². The van der Waals surface area contributed by atoms with E-state index in [9.17, 15) is 9.59 Å². The average Bonchev–Trinajstić information content (AvgIpc) is 3.26. The Kier molecular flexibility index (Phi) is 6.92. The Bertz CT molecular complexity index is 1310. The molecule has 4 aromatic rings. The lowest BCUT2D eigenvalue weighted by Crippen LogP contribution is -2.23. The highest BCUT2D eigenvalue weighted by atomic mass is 16.5. The second-order valence-electron chi connectivity index (χ2n) is 8.49. The molecular formula is C27H28N4O3. The van der Waals surface area contributed by atoms with Crippen LogP contribution in [0.1, 0.15) is 41.0 Å². The van der Waals surface area contributed by atoms with Gasteiger partial charge in [-0.05, 0) is 60.5 Å². The minimum Gasteiger partial charge on any atom is -0.487 e. The van der Waals surface area contributed by atoms with Gasteiger partial charge in [0.1, 0.15) is 18.0 Å². The second-order valence-corrected chi connectivity index (χ2v) is 8.49. The zero-order chi connectivity index (χ0) is 24.1. The predicted octanol–water partition coefficient (Wildman–Crippen LogP) is 4.75. The summed E-state index contributed by atoms with van der Waals surface area (Å²) in [6, 6.07) is 18.5. The SMILES string of the molecule is Cc1cccn2cc(COc3ccc(C(=O)NCc4cccc(NC(=O)C(C)C)c4)cc3)nc12. The summed E-state index contributed by atoms with van der Waals surface area (Å²) in [5, 5.41) is 5.78. The van der Waals surface area contributed by atoms with Crippen LogP contribution in [0.25, 0.3) is 5.65 Å². The Labute approximate surface area is 198 Å². The van der Waals surface area contributed by atoms with Gasteiger partial charge in [0, 0.05) is 36.1 Å². The van der Waals surface area contributed by atoms with Crippen LogP contribution >= 0.6 is 0 Å². The fourth-order valence-electron chi connectivity index (χ4n) is 3.46. The number of ether oxygens (including phenoxy) is 1. The average molecular weight is 457 g/mol. The van der Waals surface area contributed by atoms with E-state index in [1.54, 1.807) is 24.3 Å². The van der Waals surface area contributed by atoms with E-state index in [2.05, 4.69) is 15.6 Å². The van der Waals surface area contributed by atoms with Crippen LogP contribution in [0, 0.1) is 12.8 Å². The summed E-state index contributed by atoms with van der Waals surface area (Å²) in [6.45, 7) is 6.41. The molecule has 0 unspecified atom stereocenters. The van der Waals surface area contributed by atoms with Crippen LogP contribution in [0.3, 0.4) is 0 Å². The highest BCUT2D eigenvalue weighted by molar-refractivity contribution is 5.94. The van der Waals surface area contributed by atoms with Gasteiger partial charge in [0.15, 0.2) is 0 Å². The first-order valence-electron chi connectivity index (χ1n) is 11.2. The maximum absolute atomic E-state index is 12.6. The van der Waals surface area contributed by atoms with Crippen molar-refractivity contribution in [2.24, 2.45) is 5.92 Å². The number of hydrogen-bond donors (Lipinski definition) is 2. The number of rotatable bonds is 8. The van der Waals surface area contributed by atoms with Crippen molar-refractivity contribution >= 4 is 23.1 Å². The van der Waals surface area contributed by atoms with E-state index in [4.69, 9.17) is 4.74 Å². The number of carbonyl (C=O) groups is 2. The van der Waals surface area contributed by atoms with E-state index in [-0.39, 0.29) is 17.7 Å². The Morgan fingerprint density at radius 1 is 1.06 bits per heavy atom. The van der Waals surface area contributed by atoms with Gasteiger partial charge in [-0.25, -0.2) is 4.98 Å². The molecule has 0 aliphatic heterocycles. The molecule has 7 heteroatoms. The van der Waals surface area contributed by atoms with Crippen LogP contribution in [0.15, 0.2) is 73.1 Å². The molecule has 0 aliphatic rings. The Morgan fingerprint density at radius 2 is 1.85 bits per heavy atom. The number of benzene rings is 2. The van der Waals surface area contributed by atoms with Crippen molar-refractivity contribution < 1.29 is 14.3 Å². The van der Waals surface area contributed by atoms with Gasteiger partial charge < -0.3 is 19.8 Å². The van der Waals surface area contributed by atoms with Gasteiger partial charge in [-0.3, -0.25) is 9.59 Å². The molecule has 0 radical (unpaired) electrons. The summed E-state index contributed by atoms with van der Waals surface area (Å²) >= 11 is 0. The van der Waals surface area contributed by atoms with Crippen molar-refractivity contribution in [3.8, 4) is 5.75 Å². The van der Waals surface area contributed by atoms with Gasteiger partial charge in [0.25, 0.3) is 5.91 Å². The minimum absolute atomic E-state index is 0.0419. The predicted molar refractivity (Wildman–Crippen MR) is 132 cm³/mol. The molecule has 0 saturated carbocycles. The fraction of sp³-hybridized carbons (Fsp3) is 0.222. The zero-order valence-corrected chi connectivity index (χ0v) is 19.5. The lowest BCUT2D eigenvalue weighted by molar-refractivity contribution is -0.118. The van der Waals surface area contributed by atoms with Crippen LogP contribution in [-0.2, 0) is 17.9 Å². The third kappa shape index (κ3) is 5.61. The second kappa shape index (κ2) is 10.2. The monoisotopic (exact) mass is 456 g/mol. The summed E-state index contributed by atoms with van der Waals surface area (Å²) < 4.78 is 7.83. The molecule has 34 heavy (non-hydrogen) atoms. The molecular weight excluding hydrogens is 428 g/mol. The highest BCUT2D eigenvalue weighted by Crippen LogP contribution is 2.16. The molecule has 174 valence electrons. The number of fused-ring (bicyclic) bond motifs is 1. The summed E-state index contributed by atoms with van der Waals surface area (Å²) in [5.41, 5.74) is 5.02. The summed E-state index contributed by atoms with van der Waals surface area (Å²) in [5.74, 6) is 0.344. The third-order valence-electron chi connectivity index (χ3n) is 5.40. The van der Waals surface area contributed by atoms with E-state index in [0.717, 1.165) is 22.5 Å². The lowest BCUT2D eigenvalue weighted by atomic mass is 10.1. The number of aryl methyl sites for hydroxylation is 1. The first-order valence-corrected chi connectivity index (χ1v) is 11.2. The maximum atomic E-state index is 12.6. The maximum Gasteiger partial charge on any atom is 0.251 e. The van der Waals surface area contributed by atoms with Crippen molar-refractivity contribution in [3.05, 3.63) is 95.4 Å². The Hall–Kier alpha value is -4.13. The van der Waals surface area contributed by atoms with Gasteiger partial charge in [-0.15, -0.1) is 0 Å². The summed E-state index contributed by atoms with van der Waals surface area (Å²) in [4.78, 5) is 29.1. The molecule has 0 atom stereocenters. The van der Waals surface area contributed by atoms with Crippen LogP contribution in [-0.4, -0.2) is 21.2 Å². The van der Waals surface area contributed by atoms with E-state index in [0.29, 0.717) is 30.2 Å². The first kappa shape index (κ1) is 23.0. The number of amides is 2. The van der Waals surface area contributed by atoms with E-state index < -0.39 is 0 Å². The molecule has 0 fully saturated rings. The van der Waals surface area contributed by atoms with Crippen molar-refractivity contribution in [2.45, 2.75) is 33.9 Å². The number of anilines is 1. The summed E-state index contributed by atoms with van der Waals surface area (Å²) in [7, 11) is 0. The number of aromatic nitrogens is 2. The molecule has 4 rings (SSSR count). The topological polar surface area (TPSA) is 84.7 Å². The van der Waals surface area contributed by atoms with E-state index >= 15 is 0 Å². The fourth-order valence-corrected chi connectivity index (χ4v) is 3.46. The molecule has 2 aromatic carbocycles.